The van der Waals surface area contributed by atoms with Crippen LogP contribution in [-0.2, 0) is 16.0 Å². The molecule has 1 aliphatic heterocycles. The number of carbonyl (C=O) groups excluding carboxylic acids is 1. The predicted molar refractivity (Wildman–Crippen MR) is 68.6 cm³/mol. The van der Waals surface area contributed by atoms with Crippen molar-refractivity contribution in [3.63, 3.8) is 0 Å². The van der Waals surface area contributed by atoms with Crippen LogP contribution in [0, 0.1) is 5.92 Å². The third-order valence-corrected chi connectivity index (χ3v) is 3.14. The molecule has 0 fully saturated rings. The van der Waals surface area contributed by atoms with Gasteiger partial charge < -0.3 is 14.8 Å². The molecule has 4 heteroatoms. The van der Waals surface area contributed by atoms with Gasteiger partial charge in [0.2, 0.25) is 0 Å². The van der Waals surface area contributed by atoms with Crippen LogP contribution in [0.15, 0.2) is 24.3 Å². The van der Waals surface area contributed by atoms with Gasteiger partial charge in [0.05, 0.1) is 13.0 Å². The van der Waals surface area contributed by atoms with E-state index in [4.69, 9.17) is 4.74 Å². The highest BCUT2D eigenvalue weighted by molar-refractivity contribution is 5.72. The van der Waals surface area contributed by atoms with E-state index >= 15 is 0 Å². The SMILES string of the molecule is COC(=O)C(C)CNCC1Cc2ccccc2O1. The van der Waals surface area contributed by atoms with Crippen LogP contribution >= 0.6 is 0 Å². The second kappa shape index (κ2) is 5.87. The van der Waals surface area contributed by atoms with Gasteiger partial charge in [-0.25, -0.2) is 0 Å². The summed E-state index contributed by atoms with van der Waals surface area (Å²) in [6, 6.07) is 8.09. The molecule has 1 N–H and O–H groups in total. The maximum absolute atomic E-state index is 11.2. The molecule has 2 unspecified atom stereocenters. The van der Waals surface area contributed by atoms with Crippen molar-refractivity contribution in [1.82, 2.24) is 5.32 Å². The molecule has 0 radical (unpaired) electrons. The Morgan fingerprint density at radius 3 is 3.06 bits per heavy atom. The Hall–Kier alpha value is -1.55. The third-order valence-electron chi connectivity index (χ3n) is 3.14. The minimum absolute atomic E-state index is 0.126. The van der Waals surface area contributed by atoms with Crippen LogP contribution in [0.25, 0.3) is 0 Å². The van der Waals surface area contributed by atoms with Crippen molar-refractivity contribution in [3.05, 3.63) is 29.8 Å². The number of hydrogen-bond donors (Lipinski definition) is 1. The van der Waals surface area contributed by atoms with E-state index in [1.54, 1.807) is 0 Å². The van der Waals surface area contributed by atoms with E-state index < -0.39 is 0 Å². The zero-order valence-electron chi connectivity index (χ0n) is 10.8. The number of methoxy groups -OCH3 is 1. The largest absolute Gasteiger partial charge is 0.488 e. The van der Waals surface area contributed by atoms with Gasteiger partial charge in [-0.3, -0.25) is 4.79 Å². The van der Waals surface area contributed by atoms with Gasteiger partial charge in [0.15, 0.2) is 0 Å². The minimum Gasteiger partial charge on any atom is -0.488 e. The van der Waals surface area contributed by atoms with Gasteiger partial charge in [0.25, 0.3) is 0 Å². The fourth-order valence-electron chi connectivity index (χ4n) is 2.11. The lowest BCUT2D eigenvalue weighted by Gasteiger charge is -2.14. The molecule has 0 spiro atoms. The Morgan fingerprint density at radius 1 is 1.56 bits per heavy atom. The first-order valence-corrected chi connectivity index (χ1v) is 6.24. The van der Waals surface area contributed by atoms with Gasteiger partial charge >= 0.3 is 5.97 Å². The molecule has 1 heterocycles. The van der Waals surface area contributed by atoms with Crippen molar-refractivity contribution in [2.45, 2.75) is 19.4 Å². The summed E-state index contributed by atoms with van der Waals surface area (Å²) in [5, 5.41) is 3.25. The molecule has 4 nitrogen and oxygen atoms in total. The minimum atomic E-state index is -0.182. The number of ether oxygens (including phenoxy) is 2. The monoisotopic (exact) mass is 249 g/mol. The van der Waals surface area contributed by atoms with E-state index in [1.807, 2.05) is 25.1 Å². The number of benzene rings is 1. The Labute approximate surface area is 107 Å². The smallest absolute Gasteiger partial charge is 0.309 e. The molecule has 1 aromatic rings. The lowest BCUT2D eigenvalue weighted by molar-refractivity contribution is -0.144. The van der Waals surface area contributed by atoms with Gasteiger partial charge in [-0.15, -0.1) is 0 Å². The zero-order chi connectivity index (χ0) is 13.0. The maximum atomic E-state index is 11.2. The number of nitrogens with one attached hydrogen (secondary N) is 1. The normalized spacial score (nSPS) is 18.9. The summed E-state index contributed by atoms with van der Waals surface area (Å²) in [5.41, 5.74) is 1.25. The van der Waals surface area contributed by atoms with Crippen LogP contribution < -0.4 is 10.1 Å². The Morgan fingerprint density at radius 2 is 2.33 bits per heavy atom. The molecule has 0 amide bonds. The molecule has 2 atom stereocenters. The summed E-state index contributed by atoms with van der Waals surface area (Å²) in [7, 11) is 1.41. The molecule has 0 aromatic heterocycles. The third kappa shape index (κ3) is 3.01. The summed E-state index contributed by atoms with van der Waals surface area (Å²) in [6.45, 7) is 3.21. The number of rotatable bonds is 5. The van der Waals surface area contributed by atoms with Crippen molar-refractivity contribution in [2.24, 2.45) is 5.92 Å². The van der Waals surface area contributed by atoms with Crippen molar-refractivity contribution in [2.75, 3.05) is 20.2 Å². The molecule has 2 rings (SSSR count). The van der Waals surface area contributed by atoms with Gasteiger partial charge in [-0.2, -0.15) is 0 Å². The predicted octanol–water partition coefficient (Wildman–Crippen LogP) is 1.39. The van der Waals surface area contributed by atoms with E-state index in [0.717, 1.165) is 18.7 Å². The van der Waals surface area contributed by atoms with E-state index in [-0.39, 0.29) is 18.0 Å². The summed E-state index contributed by atoms with van der Waals surface area (Å²) >= 11 is 0. The average molecular weight is 249 g/mol. The van der Waals surface area contributed by atoms with Crippen LogP contribution in [-0.4, -0.2) is 32.3 Å². The Kier molecular flexibility index (Phi) is 4.20. The average Bonchev–Trinajstić information content (AvgIpc) is 2.80. The molecule has 0 aliphatic carbocycles. The van der Waals surface area contributed by atoms with Crippen LogP contribution in [0.1, 0.15) is 12.5 Å². The summed E-state index contributed by atoms with van der Waals surface area (Å²) in [5.74, 6) is 0.669. The molecular weight excluding hydrogens is 230 g/mol. The summed E-state index contributed by atoms with van der Waals surface area (Å²) in [6.07, 6.45) is 1.09. The Balaban J connectivity index is 1.73. The van der Waals surface area contributed by atoms with E-state index in [1.165, 1.54) is 12.7 Å². The quantitative estimate of drug-likeness (QED) is 0.801. The van der Waals surface area contributed by atoms with Crippen molar-refractivity contribution < 1.29 is 14.3 Å². The second-order valence-electron chi connectivity index (χ2n) is 4.63. The lowest BCUT2D eigenvalue weighted by Crippen LogP contribution is -2.35. The fraction of sp³-hybridized carbons (Fsp3) is 0.500. The topological polar surface area (TPSA) is 47.6 Å². The van der Waals surface area contributed by atoms with Gasteiger partial charge in [-0.05, 0) is 11.6 Å². The molecule has 98 valence electrons. The number of hydrogen-bond acceptors (Lipinski definition) is 4. The molecule has 18 heavy (non-hydrogen) atoms. The van der Waals surface area contributed by atoms with Crippen molar-refractivity contribution in [3.8, 4) is 5.75 Å². The maximum Gasteiger partial charge on any atom is 0.309 e. The van der Waals surface area contributed by atoms with Crippen LogP contribution in [0.2, 0.25) is 0 Å². The molecule has 1 aliphatic rings. The Bertz CT molecular complexity index is 394. The molecule has 1 aromatic carbocycles. The second-order valence-corrected chi connectivity index (χ2v) is 4.63. The standard InChI is InChI=1S/C14H19NO3/c1-10(14(16)17-2)8-15-9-12-7-11-5-3-4-6-13(11)18-12/h3-6,10,12,15H,7-9H2,1-2H3. The zero-order valence-corrected chi connectivity index (χ0v) is 10.8. The highest BCUT2D eigenvalue weighted by atomic mass is 16.5. The van der Waals surface area contributed by atoms with Crippen molar-refractivity contribution >= 4 is 5.97 Å². The first-order chi connectivity index (χ1) is 8.70. The first-order valence-electron chi connectivity index (χ1n) is 6.24. The number of fused-ring (bicyclic) bond motifs is 1. The van der Waals surface area contributed by atoms with Crippen LogP contribution in [0.4, 0.5) is 0 Å². The first kappa shape index (κ1) is 12.9. The number of carbonyl (C=O) groups is 1. The highest BCUT2D eigenvalue weighted by Gasteiger charge is 2.22. The molecular formula is C14H19NO3. The fourth-order valence-corrected chi connectivity index (χ4v) is 2.11. The van der Waals surface area contributed by atoms with Gasteiger partial charge in [-0.1, -0.05) is 25.1 Å². The lowest BCUT2D eigenvalue weighted by atomic mass is 10.1. The number of esters is 1. The van der Waals surface area contributed by atoms with E-state index in [2.05, 4.69) is 16.1 Å². The van der Waals surface area contributed by atoms with Gasteiger partial charge in [0, 0.05) is 19.5 Å². The molecule has 0 saturated carbocycles. The van der Waals surface area contributed by atoms with Crippen molar-refractivity contribution in [1.29, 1.82) is 0 Å². The summed E-state index contributed by atoms with van der Waals surface area (Å²) in [4.78, 5) is 11.2. The molecule has 0 saturated heterocycles. The van der Waals surface area contributed by atoms with Crippen LogP contribution in [0.5, 0.6) is 5.75 Å². The number of para-hydroxylation sites is 1. The highest BCUT2D eigenvalue weighted by Crippen LogP contribution is 2.27. The van der Waals surface area contributed by atoms with Crippen LogP contribution in [0.3, 0.4) is 0 Å². The van der Waals surface area contributed by atoms with Gasteiger partial charge in [0.1, 0.15) is 11.9 Å². The molecule has 0 bridgehead atoms. The summed E-state index contributed by atoms with van der Waals surface area (Å²) < 4.78 is 10.5. The van der Waals surface area contributed by atoms with E-state index in [9.17, 15) is 4.79 Å². The van der Waals surface area contributed by atoms with E-state index in [0.29, 0.717) is 6.54 Å².